The highest BCUT2D eigenvalue weighted by molar-refractivity contribution is 5.79. The number of nitrogens with zero attached hydrogens (tertiary/aromatic N) is 2. The van der Waals surface area contributed by atoms with Crippen molar-refractivity contribution < 1.29 is 9.53 Å². The molecule has 0 amide bonds. The van der Waals surface area contributed by atoms with Crippen molar-refractivity contribution in [1.82, 2.24) is 15.5 Å². The fourth-order valence-corrected chi connectivity index (χ4v) is 3.27. The molecule has 1 aliphatic rings. The number of carbonyl (C=O) groups excluding carboxylic acids is 1. The van der Waals surface area contributed by atoms with Crippen LogP contribution < -0.4 is 10.6 Å². The number of piperidine rings is 1. The second-order valence-electron chi connectivity index (χ2n) is 7.72. The summed E-state index contributed by atoms with van der Waals surface area (Å²) in [6, 6.07) is 0. The lowest BCUT2D eigenvalue weighted by atomic mass is 9.99. The highest BCUT2D eigenvalue weighted by Gasteiger charge is 2.27. The number of hydrogen-bond donors (Lipinski definition) is 2. The van der Waals surface area contributed by atoms with Crippen LogP contribution in [0.3, 0.4) is 0 Å². The molecule has 0 spiro atoms. The number of unbranched alkanes of at least 4 members (excludes halogenated alkanes) is 3. The number of guanidine groups is 1. The summed E-state index contributed by atoms with van der Waals surface area (Å²) in [5.74, 6) is 0.799. The average molecular weight is 369 g/mol. The normalized spacial score (nSPS) is 16.4. The molecule has 1 saturated heterocycles. The molecule has 26 heavy (non-hydrogen) atoms. The quantitative estimate of drug-likeness (QED) is 0.254. The van der Waals surface area contributed by atoms with E-state index in [0.717, 1.165) is 51.3 Å². The predicted octanol–water partition coefficient (Wildman–Crippen LogP) is 2.93. The third-order valence-electron chi connectivity index (χ3n) is 5.01. The van der Waals surface area contributed by atoms with E-state index >= 15 is 0 Å². The highest BCUT2D eigenvalue weighted by atomic mass is 16.5. The zero-order valence-corrected chi connectivity index (χ0v) is 17.4. The molecule has 6 heteroatoms. The molecule has 0 aromatic carbocycles. The highest BCUT2D eigenvalue weighted by Crippen LogP contribution is 2.20. The van der Waals surface area contributed by atoms with Gasteiger partial charge in [-0.15, -0.1) is 0 Å². The first-order chi connectivity index (χ1) is 12.5. The maximum atomic E-state index is 11.1. The van der Waals surface area contributed by atoms with Crippen molar-refractivity contribution in [2.45, 2.75) is 77.7 Å². The standard InChI is InChI=1S/C20H40N4O2/c1-5-21-19(22-14-10-7-6-9-13-18(25)26-4)23-17-20(2,3)24-15-11-8-12-16-24/h5-17H2,1-4H3,(H2,21,22,23). The lowest BCUT2D eigenvalue weighted by Crippen LogP contribution is -2.49. The Morgan fingerprint density at radius 1 is 1.08 bits per heavy atom. The van der Waals surface area contributed by atoms with Crippen molar-refractivity contribution in [3.05, 3.63) is 0 Å². The zero-order chi connectivity index (χ0) is 19.3. The molecule has 1 fully saturated rings. The van der Waals surface area contributed by atoms with Gasteiger partial charge in [-0.25, -0.2) is 0 Å². The Hall–Kier alpha value is -1.30. The van der Waals surface area contributed by atoms with E-state index in [9.17, 15) is 4.79 Å². The first-order valence-electron chi connectivity index (χ1n) is 10.3. The number of ether oxygens (including phenoxy) is 1. The van der Waals surface area contributed by atoms with Crippen LogP contribution in [-0.4, -0.2) is 62.2 Å². The zero-order valence-electron chi connectivity index (χ0n) is 17.4. The van der Waals surface area contributed by atoms with Crippen LogP contribution in [0.2, 0.25) is 0 Å². The number of carbonyl (C=O) groups is 1. The number of nitrogens with one attached hydrogen (secondary N) is 2. The molecule has 1 heterocycles. The molecular weight excluding hydrogens is 328 g/mol. The molecule has 1 rings (SSSR count). The number of aliphatic imine (C=N–C) groups is 1. The second kappa shape index (κ2) is 13.0. The van der Waals surface area contributed by atoms with Crippen molar-refractivity contribution >= 4 is 11.9 Å². The van der Waals surface area contributed by atoms with Crippen LogP contribution in [-0.2, 0) is 9.53 Å². The van der Waals surface area contributed by atoms with E-state index < -0.39 is 0 Å². The summed E-state index contributed by atoms with van der Waals surface area (Å²) in [5.41, 5.74) is 0.108. The Morgan fingerprint density at radius 3 is 2.42 bits per heavy atom. The van der Waals surface area contributed by atoms with E-state index in [-0.39, 0.29) is 11.5 Å². The number of likely N-dealkylation sites (tertiary alicyclic amines) is 1. The fraction of sp³-hybridized carbons (Fsp3) is 0.900. The first kappa shape index (κ1) is 22.7. The maximum absolute atomic E-state index is 11.1. The predicted molar refractivity (Wildman–Crippen MR) is 109 cm³/mol. The lowest BCUT2D eigenvalue weighted by Gasteiger charge is -2.40. The summed E-state index contributed by atoms with van der Waals surface area (Å²) < 4.78 is 4.66. The molecule has 0 aromatic heterocycles. The first-order valence-corrected chi connectivity index (χ1v) is 10.3. The van der Waals surface area contributed by atoms with Crippen LogP contribution in [0.25, 0.3) is 0 Å². The van der Waals surface area contributed by atoms with Crippen molar-refractivity contribution in [2.24, 2.45) is 4.99 Å². The van der Waals surface area contributed by atoms with Crippen LogP contribution in [0.1, 0.15) is 72.1 Å². The molecule has 2 N–H and O–H groups in total. The number of hydrogen-bond acceptors (Lipinski definition) is 4. The van der Waals surface area contributed by atoms with Crippen LogP contribution in [0.4, 0.5) is 0 Å². The molecule has 0 radical (unpaired) electrons. The van der Waals surface area contributed by atoms with Crippen LogP contribution in [0, 0.1) is 0 Å². The maximum Gasteiger partial charge on any atom is 0.305 e. The van der Waals surface area contributed by atoms with Crippen LogP contribution >= 0.6 is 0 Å². The van der Waals surface area contributed by atoms with Crippen molar-refractivity contribution in [1.29, 1.82) is 0 Å². The Morgan fingerprint density at radius 2 is 1.77 bits per heavy atom. The molecule has 0 aliphatic carbocycles. The Labute approximate surface area is 160 Å². The van der Waals surface area contributed by atoms with Crippen LogP contribution in [0.15, 0.2) is 4.99 Å². The molecule has 0 aromatic rings. The number of esters is 1. The van der Waals surface area contributed by atoms with Gasteiger partial charge in [-0.2, -0.15) is 0 Å². The smallest absolute Gasteiger partial charge is 0.305 e. The Balaban J connectivity index is 2.28. The summed E-state index contributed by atoms with van der Waals surface area (Å²) in [4.78, 5) is 18.5. The van der Waals surface area contributed by atoms with Crippen molar-refractivity contribution in [3.8, 4) is 0 Å². The van der Waals surface area contributed by atoms with E-state index in [1.807, 2.05) is 0 Å². The lowest BCUT2D eigenvalue weighted by molar-refractivity contribution is -0.140. The molecule has 0 unspecified atom stereocenters. The third kappa shape index (κ3) is 9.41. The van der Waals surface area contributed by atoms with Crippen molar-refractivity contribution in [2.75, 3.05) is 39.8 Å². The Bertz CT molecular complexity index is 418. The minimum absolute atomic E-state index is 0.108. The van der Waals surface area contributed by atoms with Gasteiger partial charge in [0.15, 0.2) is 5.96 Å². The number of methoxy groups -OCH3 is 1. The van der Waals surface area contributed by atoms with Gasteiger partial charge in [0.1, 0.15) is 0 Å². The fourth-order valence-electron chi connectivity index (χ4n) is 3.27. The summed E-state index contributed by atoms with van der Waals surface area (Å²) in [7, 11) is 1.44. The summed E-state index contributed by atoms with van der Waals surface area (Å²) >= 11 is 0. The third-order valence-corrected chi connectivity index (χ3v) is 5.01. The summed E-state index contributed by atoms with van der Waals surface area (Å²) in [6.07, 6.45) is 8.67. The minimum atomic E-state index is -0.110. The van der Waals surface area contributed by atoms with Gasteiger partial charge in [-0.05, 0) is 59.5 Å². The van der Waals surface area contributed by atoms with Gasteiger partial charge >= 0.3 is 5.97 Å². The van der Waals surface area contributed by atoms with Gasteiger partial charge in [-0.1, -0.05) is 19.3 Å². The van der Waals surface area contributed by atoms with Gasteiger partial charge in [0.2, 0.25) is 0 Å². The average Bonchev–Trinajstić information content (AvgIpc) is 2.65. The van der Waals surface area contributed by atoms with E-state index in [1.54, 1.807) is 0 Å². The largest absolute Gasteiger partial charge is 0.469 e. The van der Waals surface area contributed by atoms with Gasteiger partial charge in [-0.3, -0.25) is 14.7 Å². The van der Waals surface area contributed by atoms with Crippen molar-refractivity contribution in [3.63, 3.8) is 0 Å². The molecule has 0 bridgehead atoms. The monoisotopic (exact) mass is 368 g/mol. The molecule has 6 nitrogen and oxygen atoms in total. The van der Waals surface area contributed by atoms with E-state index in [2.05, 4.69) is 41.0 Å². The Kier molecular flexibility index (Phi) is 11.3. The van der Waals surface area contributed by atoms with E-state index in [1.165, 1.54) is 39.5 Å². The van der Waals surface area contributed by atoms with E-state index in [4.69, 9.17) is 4.99 Å². The second-order valence-corrected chi connectivity index (χ2v) is 7.72. The molecule has 1 aliphatic heterocycles. The molecular formula is C20H40N4O2. The molecule has 0 saturated carbocycles. The molecule has 152 valence electrons. The summed E-state index contributed by atoms with van der Waals surface area (Å²) in [5, 5.41) is 6.78. The minimum Gasteiger partial charge on any atom is -0.469 e. The van der Waals surface area contributed by atoms with E-state index in [0.29, 0.717) is 6.42 Å². The topological polar surface area (TPSA) is 66.0 Å². The van der Waals surface area contributed by atoms with Gasteiger partial charge in [0.25, 0.3) is 0 Å². The van der Waals surface area contributed by atoms with Gasteiger partial charge in [0, 0.05) is 25.0 Å². The van der Waals surface area contributed by atoms with Gasteiger partial charge in [0.05, 0.1) is 13.7 Å². The van der Waals surface area contributed by atoms with Crippen LogP contribution in [0.5, 0.6) is 0 Å². The summed E-state index contributed by atoms with van der Waals surface area (Å²) in [6.45, 7) is 11.7. The SMILES string of the molecule is CCNC(=NCC(C)(C)N1CCCCC1)NCCCCCCC(=O)OC. The van der Waals surface area contributed by atoms with Gasteiger partial charge < -0.3 is 15.4 Å². The molecule has 0 atom stereocenters. The number of rotatable bonds is 11.